The first kappa shape index (κ1) is 15.9. The second-order valence-electron chi connectivity index (χ2n) is 5.42. The molecule has 5 nitrogen and oxygen atoms in total. The second kappa shape index (κ2) is 8.12. The maximum atomic E-state index is 11.6. The molecule has 0 spiro atoms. The minimum atomic E-state index is 0.0427. The van der Waals surface area contributed by atoms with Crippen LogP contribution < -0.4 is 10.6 Å². The first-order valence-electron chi connectivity index (χ1n) is 7.52. The first-order valence-corrected chi connectivity index (χ1v) is 7.52. The van der Waals surface area contributed by atoms with Gasteiger partial charge in [-0.1, -0.05) is 30.3 Å². The monoisotopic (exact) mass is 298 g/mol. The zero-order chi connectivity index (χ0) is 15.8. The lowest BCUT2D eigenvalue weighted by molar-refractivity contribution is -0.121. The van der Waals surface area contributed by atoms with Crippen LogP contribution in [-0.4, -0.2) is 28.5 Å². The summed E-state index contributed by atoms with van der Waals surface area (Å²) in [4.78, 5) is 20.3. The fourth-order valence-electron chi connectivity index (χ4n) is 2.06. The third-order valence-electron chi connectivity index (χ3n) is 3.02. The lowest BCUT2D eigenvalue weighted by Crippen LogP contribution is -2.31. The van der Waals surface area contributed by atoms with Crippen LogP contribution in [0, 0.1) is 0 Å². The Balaban J connectivity index is 1.85. The van der Waals surface area contributed by atoms with Gasteiger partial charge in [-0.05, 0) is 25.5 Å². The topological polar surface area (TPSA) is 66.9 Å². The highest BCUT2D eigenvalue weighted by Crippen LogP contribution is 2.08. The van der Waals surface area contributed by atoms with E-state index in [-0.39, 0.29) is 11.9 Å². The number of carbonyl (C=O) groups excluding carboxylic acids is 1. The molecule has 2 aromatic rings. The van der Waals surface area contributed by atoms with E-state index < -0.39 is 0 Å². The lowest BCUT2D eigenvalue weighted by Gasteiger charge is -2.09. The Hall–Kier alpha value is -2.43. The number of nitrogens with zero attached hydrogens (tertiary/aromatic N) is 2. The molecule has 22 heavy (non-hydrogen) atoms. The van der Waals surface area contributed by atoms with Crippen molar-refractivity contribution in [3.05, 3.63) is 54.0 Å². The number of hydrogen-bond donors (Lipinski definition) is 2. The minimum Gasteiger partial charge on any atom is -0.369 e. The molecule has 116 valence electrons. The van der Waals surface area contributed by atoms with Gasteiger partial charge in [-0.2, -0.15) is 0 Å². The minimum absolute atomic E-state index is 0.0427. The van der Waals surface area contributed by atoms with Gasteiger partial charge in [0.25, 0.3) is 0 Å². The molecule has 0 bridgehead atoms. The van der Waals surface area contributed by atoms with Gasteiger partial charge in [0.05, 0.1) is 0 Å². The molecule has 0 aliphatic rings. The summed E-state index contributed by atoms with van der Waals surface area (Å²) in [5, 5.41) is 6.02. The molecule has 1 aromatic carbocycles. The fourth-order valence-corrected chi connectivity index (χ4v) is 2.06. The van der Waals surface area contributed by atoms with E-state index in [2.05, 4.69) is 32.7 Å². The van der Waals surface area contributed by atoms with E-state index in [0.717, 1.165) is 11.6 Å². The van der Waals surface area contributed by atoms with E-state index in [1.807, 2.05) is 38.1 Å². The average molecular weight is 298 g/mol. The number of nitrogens with one attached hydrogen (secondary N) is 2. The molecule has 0 aliphatic carbocycles. The summed E-state index contributed by atoms with van der Waals surface area (Å²) in [5.74, 6) is 1.56. The zero-order valence-electron chi connectivity index (χ0n) is 13.0. The largest absolute Gasteiger partial charge is 0.369 e. The van der Waals surface area contributed by atoms with E-state index in [1.54, 1.807) is 6.20 Å². The van der Waals surface area contributed by atoms with E-state index in [9.17, 15) is 4.79 Å². The van der Waals surface area contributed by atoms with Crippen molar-refractivity contribution in [2.45, 2.75) is 32.7 Å². The molecule has 0 saturated heterocycles. The van der Waals surface area contributed by atoms with Crippen LogP contribution in [0.3, 0.4) is 0 Å². The Labute approximate surface area is 131 Å². The van der Waals surface area contributed by atoms with Crippen molar-refractivity contribution < 1.29 is 4.79 Å². The van der Waals surface area contributed by atoms with Crippen molar-refractivity contribution >= 4 is 11.7 Å². The lowest BCUT2D eigenvalue weighted by atomic mass is 10.1. The van der Waals surface area contributed by atoms with Crippen molar-refractivity contribution in [1.82, 2.24) is 15.3 Å². The summed E-state index contributed by atoms with van der Waals surface area (Å²) >= 11 is 0. The van der Waals surface area contributed by atoms with Crippen LogP contribution in [0.25, 0.3) is 0 Å². The number of anilines is 1. The Kier molecular flexibility index (Phi) is 5.89. The van der Waals surface area contributed by atoms with Crippen LogP contribution in [0.15, 0.2) is 42.6 Å². The van der Waals surface area contributed by atoms with Gasteiger partial charge in [0.2, 0.25) is 5.91 Å². The summed E-state index contributed by atoms with van der Waals surface area (Å²) < 4.78 is 0. The van der Waals surface area contributed by atoms with Crippen LogP contribution in [-0.2, 0) is 11.2 Å². The molecular formula is C17H22N4O. The van der Waals surface area contributed by atoms with E-state index >= 15 is 0 Å². The molecule has 0 saturated carbocycles. The highest BCUT2D eigenvalue weighted by Gasteiger charge is 2.04. The van der Waals surface area contributed by atoms with Crippen LogP contribution in [0.2, 0.25) is 0 Å². The Morgan fingerprint density at radius 2 is 1.95 bits per heavy atom. The molecule has 0 aliphatic heterocycles. The van der Waals surface area contributed by atoms with Gasteiger partial charge in [0.15, 0.2) is 0 Å². The summed E-state index contributed by atoms with van der Waals surface area (Å²) in [7, 11) is 0. The number of amides is 1. The van der Waals surface area contributed by atoms with Crippen molar-refractivity contribution in [2.24, 2.45) is 0 Å². The quantitative estimate of drug-likeness (QED) is 0.823. The maximum Gasteiger partial charge on any atom is 0.221 e. The Bertz CT molecular complexity index is 599. The average Bonchev–Trinajstić information content (AvgIpc) is 2.48. The van der Waals surface area contributed by atoms with Gasteiger partial charge in [0.1, 0.15) is 11.6 Å². The highest BCUT2D eigenvalue weighted by atomic mass is 16.1. The molecule has 2 N–H and O–H groups in total. The SMILES string of the molecule is CC(C)NC(=O)CCNc1ccnc(Cc2ccccc2)n1. The molecule has 2 rings (SSSR count). The smallest absolute Gasteiger partial charge is 0.221 e. The van der Waals surface area contributed by atoms with Crippen LogP contribution in [0.5, 0.6) is 0 Å². The van der Waals surface area contributed by atoms with Gasteiger partial charge in [-0.25, -0.2) is 9.97 Å². The predicted octanol–water partition coefficient (Wildman–Crippen LogP) is 2.39. The fraction of sp³-hybridized carbons (Fsp3) is 0.353. The van der Waals surface area contributed by atoms with Gasteiger partial charge in [-0.3, -0.25) is 4.79 Å². The predicted molar refractivity (Wildman–Crippen MR) is 87.7 cm³/mol. The summed E-state index contributed by atoms with van der Waals surface area (Å²) in [6, 6.07) is 12.1. The molecule has 0 atom stereocenters. The first-order chi connectivity index (χ1) is 10.6. The third-order valence-corrected chi connectivity index (χ3v) is 3.02. The molecule has 0 unspecified atom stereocenters. The summed E-state index contributed by atoms with van der Waals surface area (Å²) in [6.45, 7) is 4.46. The molecule has 1 heterocycles. The van der Waals surface area contributed by atoms with Gasteiger partial charge in [0, 0.05) is 31.6 Å². The molecular weight excluding hydrogens is 276 g/mol. The van der Waals surface area contributed by atoms with E-state index in [0.29, 0.717) is 19.4 Å². The van der Waals surface area contributed by atoms with E-state index in [1.165, 1.54) is 5.56 Å². The number of aromatic nitrogens is 2. The van der Waals surface area contributed by atoms with Crippen LogP contribution in [0.1, 0.15) is 31.7 Å². The molecule has 0 radical (unpaired) electrons. The van der Waals surface area contributed by atoms with Crippen molar-refractivity contribution in [1.29, 1.82) is 0 Å². The molecule has 1 aromatic heterocycles. The summed E-state index contributed by atoms with van der Waals surface area (Å²) in [6.07, 6.45) is 2.86. The number of hydrogen-bond acceptors (Lipinski definition) is 4. The Morgan fingerprint density at radius 3 is 2.68 bits per heavy atom. The number of benzene rings is 1. The highest BCUT2D eigenvalue weighted by molar-refractivity contribution is 5.76. The van der Waals surface area contributed by atoms with Crippen LogP contribution >= 0.6 is 0 Å². The maximum absolute atomic E-state index is 11.6. The number of rotatable bonds is 7. The molecule has 5 heteroatoms. The third kappa shape index (κ3) is 5.52. The van der Waals surface area contributed by atoms with Crippen molar-refractivity contribution in [3.8, 4) is 0 Å². The number of carbonyl (C=O) groups is 1. The van der Waals surface area contributed by atoms with Crippen molar-refractivity contribution in [2.75, 3.05) is 11.9 Å². The van der Waals surface area contributed by atoms with Gasteiger partial charge >= 0.3 is 0 Å². The summed E-state index contributed by atoms with van der Waals surface area (Å²) in [5.41, 5.74) is 1.18. The standard InChI is InChI=1S/C17H22N4O/c1-13(2)20-17(22)9-11-18-15-8-10-19-16(21-15)12-14-6-4-3-5-7-14/h3-8,10,13H,9,11-12H2,1-2H3,(H,20,22)(H,18,19,21). The molecule has 0 fully saturated rings. The van der Waals surface area contributed by atoms with Gasteiger partial charge in [-0.15, -0.1) is 0 Å². The molecule has 1 amide bonds. The van der Waals surface area contributed by atoms with Gasteiger partial charge < -0.3 is 10.6 Å². The van der Waals surface area contributed by atoms with Crippen molar-refractivity contribution in [3.63, 3.8) is 0 Å². The Morgan fingerprint density at radius 1 is 1.18 bits per heavy atom. The second-order valence-corrected chi connectivity index (χ2v) is 5.42. The van der Waals surface area contributed by atoms with Crippen LogP contribution in [0.4, 0.5) is 5.82 Å². The van der Waals surface area contributed by atoms with E-state index in [4.69, 9.17) is 0 Å². The normalized spacial score (nSPS) is 10.5. The zero-order valence-corrected chi connectivity index (χ0v) is 13.0.